The van der Waals surface area contributed by atoms with Gasteiger partial charge in [0.1, 0.15) is 13.2 Å². The molecule has 0 heterocycles. The maximum atomic E-state index is 12.8. The summed E-state index contributed by atoms with van der Waals surface area (Å²) >= 11 is 0. The molecular formula is C66H120O6. The normalized spacial score (nSPS) is 12.3. The van der Waals surface area contributed by atoms with Crippen LogP contribution in [-0.2, 0) is 28.6 Å². The van der Waals surface area contributed by atoms with Gasteiger partial charge in [-0.2, -0.15) is 0 Å². The van der Waals surface area contributed by atoms with E-state index in [4.69, 9.17) is 14.2 Å². The summed E-state index contributed by atoms with van der Waals surface area (Å²) in [6.07, 6.45) is 75.7. The number of hydrogen-bond donors (Lipinski definition) is 0. The molecule has 0 aliphatic heterocycles. The van der Waals surface area contributed by atoms with Gasteiger partial charge >= 0.3 is 17.9 Å². The van der Waals surface area contributed by atoms with Crippen LogP contribution in [0.25, 0.3) is 0 Å². The predicted molar refractivity (Wildman–Crippen MR) is 312 cm³/mol. The minimum absolute atomic E-state index is 0.0788. The summed E-state index contributed by atoms with van der Waals surface area (Å²) in [6, 6.07) is 0. The van der Waals surface area contributed by atoms with Crippen molar-refractivity contribution in [1.82, 2.24) is 0 Å². The molecule has 0 saturated heterocycles. The SMILES string of the molecule is CCC/C=C\C/C=C\CCCCCCCC(=O)OC(COC(=O)CCCCCCC/C=C\CCCCC)COC(=O)CCCCCCCCCCCCCCCCCCC/C=C\CCCCCCCCCC. The van der Waals surface area contributed by atoms with E-state index in [-0.39, 0.29) is 31.1 Å². The molecule has 0 bridgehead atoms. The van der Waals surface area contributed by atoms with Crippen LogP contribution < -0.4 is 0 Å². The molecule has 0 saturated carbocycles. The molecule has 0 radical (unpaired) electrons. The lowest BCUT2D eigenvalue weighted by Crippen LogP contribution is -2.30. The second-order valence-electron chi connectivity index (χ2n) is 21.3. The van der Waals surface area contributed by atoms with Gasteiger partial charge < -0.3 is 14.2 Å². The van der Waals surface area contributed by atoms with Gasteiger partial charge in [-0.25, -0.2) is 0 Å². The molecule has 1 atom stereocenters. The summed E-state index contributed by atoms with van der Waals surface area (Å²) in [7, 11) is 0. The average molecular weight is 1010 g/mol. The Balaban J connectivity index is 4.13. The number of esters is 3. The van der Waals surface area contributed by atoms with Crippen LogP contribution in [0.4, 0.5) is 0 Å². The Hall–Kier alpha value is -2.63. The van der Waals surface area contributed by atoms with E-state index in [2.05, 4.69) is 69.4 Å². The summed E-state index contributed by atoms with van der Waals surface area (Å²) < 4.78 is 16.9. The summed E-state index contributed by atoms with van der Waals surface area (Å²) in [5.41, 5.74) is 0. The van der Waals surface area contributed by atoms with E-state index >= 15 is 0 Å². The first-order valence-corrected chi connectivity index (χ1v) is 31.6. The van der Waals surface area contributed by atoms with Gasteiger partial charge in [0.2, 0.25) is 0 Å². The maximum Gasteiger partial charge on any atom is 0.306 e. The molecule has 0 aromatic rings. The van der Waals surface area contributed by atoms with Gasteiger partial charge in [0.15, 0.2) is 6.10 Å². The minimum atomic E-state index is -0.782. The van der Waals surface area contributed by atoms with Gasteiger partial charge in [0, 0.05) is 19.3 Å². The Kier molecular flexibility index (Phi) is 58.7. The zero-order valence-corrected chi connectivity index (χ0v) is 48.2. The van der Waals surface area contributed by atoms with Crippen molar-refractivity contribution in [1.29, 1.82) is 0 Å². The van der Waals surface area contributed by atoms with Gasteiger partial charge in [-0.05, 0) is 96.3 Å². The van der Waals surface area contributed by atoms with E-state index in [9.17, 15) is 14.4 Å². The van der Waals surface area contributed by atoms with Crippen molar-refractivity contribution >= 4 is 17.9 Å². The van der Waals surface area contributed by atoms with Gasteiger partial charge in [-0.15, -0.1) is 0 Å². The van der Waals surface area contributed by atoms with Crippen molar-refractivity contribution in [3.05, 3.63) is 48.6 Å². The molecule has 0 aliphatic carbocycles. The fourth-order valence-electron chi connectivity index (χ4n) is 9.24. The van der Waals surface area contributed by atoms with Crippen LogP contribution >= 0.6 is 0 Å². The van der Waals surface area contributed by atoms with E-state index in [0.717, 1.165) is 96.3 Å². The van der Waals surface area contributed by atoms with Crippen molar-refractivity contribution in [2.75, 3.05) is 13.2 Å². The summed E-state index contributed by atoms with van der Waals surface area (Å²) in [4.78, 5) is 38.1. The number of carbonyl (C=O) groups is 3. The first-order chi connectivity index (χ1) is 35.5. The molecule has 6 heteroatoms. The van der Waals surface area contributed by atoms with Crippen molar-refractivity contribution in [3.8, 4) is 0 Å². The zero-order valence-electron chi connectivity index (χ0n) is 48.2. The lowest BCUT2D eigenvalue weighted by atomic mass is 10.0. The summed E-state index contributed by atoms with van der Waals surface area (Å²) in [6.45, 7) is 6.57. The predicted octanol–water partition coefficient (Wildman–Crippen LogP) is 21.4. The number of hydrogen-bond acceptors (Lipinski definition) is 6. The average Bonchev–Trinajstić information content (AvgIpc) is 3.38. The summed E-state index contributed by atoms with van der Waals surface area (Å²) in [5, 5.41) is 0. The Bertz CT molecular complexity index is 1250. The molecule has 0 aromatic heterocycles. The standard InChI is InChI=1S/C66H120O6/c1-4-7-10-13-16-19-22-25-26-27-28-29-30-31-32-33-34-35-36-37-38-39-40-42-44-47-50-53-56-59-65(68)71-62-63(61-70-64(67)58-55-52-49-46-43-24-21-18-15-12-9-6-3)72-66(69)60-57-54-51-48-45-41-23-20-17-14-11-8-5-2/h11,14,18,20-21,23,27-28,63H,4-10,12-13,15-17,19,22,24-26,29-62H2,1-3H3/b14-11-,21-18-,23-20-,28-27-. The second kappa shape index (κ2) is 60.9. The van der Waals surface area contributed by atoms with E-state index in [1.165, 1.54) is 199 Å². The molecule has 0 aromatic carbocycles. The first-order valence-electron chi connectivity index (χ1n) is 31.6. The third-order valence-corrected chi connectivity index (χ3v) is 14.0. The third kappa shape index (κ3) is 58.3. The molecule has 0 fully saturated rings. The lowest BCUT2D eigenvalue weighted by molar-refractivity contribution is -0.167. The number of ether oxygens (including phenoxy) is 3. The van der Waals surface area contributed by atoms with Crippen LogP contribution in [0, 0.1) is 0 Å². The van der Waals surface area contributed by atoms with Crippen LogP contribution in [0.2, 0.25) is 0 Å². The molecule has 420 valence electrons. The minimum Gasteiger partial charge on any atom is -0.462 e. The molecule has 6 nitrogen and oxygen atoms in total. The Morgan fingerprint density at radius 2 is 0.528 bits per heavy atom. The van der Waals surface area contributed by atoms with Crippen LogP contribution in [-0.4, -0.2) is 37.2 Å². The largest absolute Gasteiger partial charge is 0.462 e. The molecule has 72 heavy (non-hydrogen) atoms. The van der Waals surface area contributed by atoms with Crippen molar-refractivity contribution in [2.45, 2.75) is 341 Å². The van der Waals surface area contributed by atoms with Gasteiger partial charge in [0.25, 0.3) is 0 Å². The highest BCUT2D eigenvalue weighted by Gasteiger charge is 2.19. The van der Waals surface area contributed by atoms with Gasteiger partial charge in [-0.3, -0.25) is 14.4 Å². The highest BCUT2D eigenvalue weighted by Crippen LogP contribution is 2.17. The zero-order chi connectivity index (χ0) is 52.2. The van der Waals surface area contributed by atoms with Gasteiger partial charge in [-0.1, -0.05) is 268 Å². The fraction of sp³-hybridized carbons (Fsp3) is 0.833. The van der Waals surface area contributed by atoms with Crippen LogP contribution in [0.15, 0.2) is 48.6 Å². The highest BCUT2D eigenvalue weighted by atomic mass is 16.6. The van der Waals surface area contributed by atoms with Crippen LogP contribution in [0.3, 0.4) is 0 Å². The molecule has 0 aliphatic rings. The van der Waals surface area contributed by atoms with Crippen LogP contribution in [0.1, 0.15) is 335 Å². The molecular weight excluding hydrogens is 889 g/mol. The quantitative estimate of drug-likeness (QED) is 0.0261. The van der Waals surface area contributed by atoms with E-state index in [1.807, 2.05) is 0 Å². The van der Waals surface area contributed by atoms with Crippen molar-refractivity contribution < 1.29 is 28.6 Å². The summed E-state index contributed by atoms with van der Waals surface area (Å²) in [5.74, 6) is -0.888. The fourth-order valence-corrected chi connectivity index (χ4v) is 9.24. The van der Waals surface area contributed by atoms with Crippen molar-refractivity contribution in [2.24, 2.45) is 0 Å². The number of rotatable bonds is 58. The van der Waals surface area contributed by atoms with E-state index in [1.54, 1.807) is 0 Å². The number of unbranched alkanes of at least 4 members (excludes halogenated alkanes) is 39. The Morgan fingerprint density at radius 1 is 0.278 bits per heavy atom. The third-order valence-electron chi connectivity index (χ3n) is 14.0. The molecule has 0 N–H and O–H groups in total. The smallest absolute Gasteiger partial charge is 0.306 e. The maximum absolute atomic E-state index is 12.8. The molecule has 1 unspecified atom stereocenters. The van der Waals surface area contributed by atoms with Crippen molar-refractivity contribution in [3.63, 3.8) is 0 Å². The molecule has 0 amide bonds. The van der Waals surface area contributed by atoms with Crippen LogP contribution in [0.5, 0.6) is 0 Å². The number of allylic oxidation sites excluding steroid dienone is 8. The molecule has 0 spiro atoms. The molecule has 0 rings (SSSR count). The highest BCUT2D eigenvalue weighted by molar-refractivity contribution is 5.71. The second-order valence-corrected chi connectivity index (χ2v) is 21.3. The van der Waals surface area contributed by atoms with E-state index in [0.29, 0.717) is 19.3 Å². The van der Waals surface area contributed by atoms with Gasteiger partial charge in [0.05, 0.1) is 0 Å². The monoisotopic (exact) mass is 1010 g/mol. The number of carbonyl (C=O) groups excluding carboxylic acids is 3. The van der Waals surface area contributed by atoms with E-state index < -0.39 is 6.10 Å². The first kappa shape index (κ1) is 69.4. The Labute approximate surface area is 448 Å². The Morgan fingerprint density at radius 3 is 0.861 bits per heavy atom. The lowest BCUT2D eigenvalue weighted by Gasteiger charge is -2.18. The topological polar surface area (TPSA) is 78.9 Å².